The maximum absolute atomic E-state index is 12.9. The van der Waals surface area contributed by atoms with Crippen LogP contribution >= 0.6 is 0 Å². The Hall–Kier alpha value is -3.26. The topological polar surface area (TPSA) is 92.6 Å². The van der Waals surface area contributed by atoms with E-state index >= 15 is 0 Å². The van der Waals surface area contributed by atoms with E-state index < -0.39 is 0 Å². The number of hydrogen-bond donors (Lipinski definition) is 2. The van der Waals surface area contributed by atoms with Crippen LogP contribution in [0.4, 0.5) is 5.69 Å². The molecular weight excluding hydrogens is 338 g/mol. The third kappa shape index (κ3) is 4.42. The average molecular weight is 359 g/mol. The molecule has 0 spiro atoms. The lowest BCUT2D eigenvalue weighted by Crippen LogP contribution is -2.32. The standard InChI is InChI=1S/C18H21N3O5/c1-24-14-10-15(25-2)18(16(11-14)26-3)21(12-19-20-23)17(22)9-13-7-5-4-6-8-13/h4-8,10-12,20,23H,9H2,1-3H3. The number of hydrogen-bond acceptors (Lipinski definition) is 7. The van der Waals surface area contributed by atoms with Crippen LogP contribution < -0.4 is 24.7 Å². The molecule has 2 aromatic carbocycles. The van der Waals surface area contributed by atoms with Crippen molar-refractivity contribution in [1.82, 2.24) is 5.59 Å². The molecule has 0 atom stereocenters. The third-order valence-electron chi connectivity index (χ3n) is 3.63. The van der Waals surface area contributed by atoms with Crippen LogP contribution in [0.25, 0.3) is 0 Å². The quantitative estimate of drug-likeness (QED) is 0.426. The average Bonchev–Trinajstić information content (AvgIpc) is 2.68. The van der Waals surface area contributed by atoms with Crippen molar-refractivity contribution in [1.29, 1.82) is 0 Å². The maximum Gasteiger partial charge on any atom is 0.236 e. The summed E-state index contributed by atoms with van der Waals surface area (Å²) in [5.41, 5.74) is 2.83. The highest BCUT2D eigenvalue weighted by atomic mass is 16.5. The van der Waals surface area contributed by atoms with Crippen molar-refractivity contribution in [2.75, 3.05) is 26.2 Å². The van der Waals surface area contributed by atoms with Gasteiger partial charge in [-0.25, -0.2) is 0 Å². The molecule has 2 N–H and O–H groups in total. The van der Waals surface area contributed by atoms with Gasteiger partial charge in [-0.1, -0.05) is 30.3 Å². The molecule has 0 aliphatic rings. The van der Waals surface area contributed by atoms with E-state index in [9.17, 15) is 4.79 Å². The van der Waals surface area contributed by atoms with Gasteiger partial charge in [0, 0.05) is 12.1 Å². The molecule has 0 aliphatic carbocycles. The van der Waals surface area contributed by atoms with Crippen LogP contribution in [0.5, 0.6) is 17.2 Å². The molecule has 138 valence electrons. The van der Waals surface area contributed by atoms with Crippen molar-refractivity contribution in [3.63, 3.8) is 0 Å². The number of methoxy groups -OCH3 is 3. The van der Waals surface area contributed by atoms with Crippen molar-refractivity contribution in [3.8, 4) is 17.2 Å². The molecule has 0 aliphatic heterocycles. The van der Waals surface area contributed by atoms with Crippen molar-refractivity contribution in [2.24, 2.45) is 5.10 Å². The zero-order valence-electron chi connectivity index (χ0n) is 14.8. The smallest absolute Gasteiger partial charge is 0.236 e. The number of rotatable bonds is 8. The lowest BCUT2D eigenvalue weighted by Gasteiger charge is -2.23. The molecule has 0 radical (unpaired) electrons. The summed E-state index contributed by atoms with van der Waals surface area (Å²) < 4.78 is 16.0. The predicted molar refractivity (Wildman–Crippen MR) is 97.1 cm³/mol. The van der Waals surface area contributed by atoms with Gasteiger partial charge >= 0.3 is 0 Å². The van der Waals surface area contributed by atoms with Gasteiger partial charge < -0.3 is 14.2 Å². The van der Waals surface area contributed by atoms with Crippen molar-refractivity contribution >= 4 is 17.9 Å². The molecule has 8 heteroatoms. The van der Waals surface area contributed by atoms with E-state index in [4.69, 9.17) is 19.4 Å². The number of hydrazone groups is 1. The van der Waals surface area contributed by atoms with Gasteiger partial charge in [0.2, 0.25) is 5.91 Å². The third-order valence-corrected chi connectivity index (χ3v) is 3.63. The Labute approximate surface area is 151 Å². The predicted octanol–water partition coefficient (Wildman–Crippen LogP) is 2.21. The van der Waals surface area contributed by atoms with Gasteiger partial charge in [0.15, 0.2) is 11.5 Å². The van der Waals surface area contributed by atoms with Gasteiger partial charge in [-0.05, 0) is 5.56 Å². The Morgan fingerprint density at radius 2 is 1.73 bits per heavy atom. The summed E-state index contributed by atoms with van der Waals surface area (Å²) in [7, 11) is 4.46. The molecule has 0 heterocycles. The molecule has 2 rings (SSSR count). The van der Waals surface area contributed by atoms with Gasteiger partial charge in [-0.3, -0.25) is 14.9 Å². The van der Waals surface area contributed by atoms with E-state index in [1.54, 1.807) is 17.7 Å². The number of carbonyl (C=O) groups excluding carboxylic acids is 1. The number of nitrogens with one attached hydrogen (secondary N) is 1. The first kappa shape index (κ1) is 19.1. The molecule has 1 amide bonds. The summed E-state index contributed by atoms with van der Waals surface area (Å²) >= 11 is 0. The van der Waals surface area contributed by atoms with E-state index in [2.05, 4.69) is 5.10 Å². The molecule has 0 unspecified atom stereocenters. The second kappa shape index (κ2) is 9.28. The lowest BCUT2D eigenvalue weighted by atomic mass is 10.1. The maximum atomic E-state index is 12.9. The van der Waals surface area contributed by atoms with Crippen LogP contribution in [0.2, 0.25) is 0 Å². The number of carbonyl (C=O) groups is 1. The molecule has 0 bridgehead atoms. The Balaban J connectivity index is 2.49. The number of benzene rings is 2. The van der Waals surface area contributed by atoms with Gasteiger partial charge in [0.05, 0.1) is 27.8 Å². The Bertz CT molecular complexity index is 740. The Morgan fingerprint density at radius 1 is 1.12 bits per heavy atom. The first-order valence-corrected chi connectivity index (χ1v) is 7.72. The first-order valence-electron chi connectivity index (χ1n) is 7.72. The normalized spacial score (nSPS) is 10.5. The van der Waals surface area contributed by atoms with Crippen LogP contribution in [0.15, 0.2) is 47.6 Å². The van der Waals surface area contributed by atoms with Crippen molar-refractivity contribution in [2.45, 2.75) is 6.42 Å². The fraction of sp³-hybridized carbons (Fsp3) is 0.222. The molecule has 0 saturated carbocycles. The Morgan fingerprint density at radius 3 is 2.23 bits per heavy atom. The van der Waals surface area contributed by atoms with E-state index in [0.29, 0.717) is 22.9 Å². The second-order valence-electron chi connectivity index (χ2n) is 5.15. The number of ether oxygens (including phenoxy) is 3. The Kier molecular flexibility index (Phi) is 6.81. The highest BCUT2D eigenvalue weighted by molar-refractivity contribution is 6.11. The van der Waals surface area contributed by atoms with Gasteiger partial charge in [-0.15, -0.1) is 5.10 Å². The summed E-state index contributed by atoms with van der Waals surface area (Å²) in [5, 5.41) is 12.3. The fourth-order valence-electron chi connectivity index (χ4n) is 2.41. The van der Waals surface area contributed by atoms with Crippen molar-refractivity contribution < 1.29 is 24.2 Å². The highest BCUT2D eigenvalue weighted by Crippen LogP contribution is 2.41. The molecule has 0 saturated heterocycles. The zero-order chi connectivity index (χ0) is 18.9. The van der Waals surface area contributed by atoms with Gasteiger partial charge in [0.25, 0.3) is 0 Å². The SMILES string of the molecule is COc1cc(OC)c(N(C=NNO)C(=O)Cc2ccccc2)c(OC)c1. The molecule has 0 fully saturated rings. The van der Waals surface area contributed by atoms with Gasteiger partial charge in [0.1, 0.15) is 17.8 Å². The van der Waals surface area contributed by atoms with Crippen LogP contribution in [0.1, 0.15) is 5.56 Å². The fourth-order valence-corrected chi connectivity index (χ4v) is 2.41. The summed E-state index contributed by atoms with van der Waals surface area (Å²) in [6.07, 6.45) is 1.27. The second-order valence-corrected chi connectivity index (χ2v) is 5.15. The number of anilines is 1. The van der Waals surface area contributed by atoms with Crippen molar-refractivity contribution in [3.05, 3.63) is 48.0 Å². The molecular formula is C18H21N3O5. The summed E-state index contributed by atoms with van der Waals surface area (Å²) in [6, 6.07) is 12.5. The monoisotopic (exact) mass is 359 g/mol. The molecule has 2 aromatic rings. The molecule has 26 heavy (non-hydrogen) atoms. The lowest BCUT2D eigenvalue weighted by molar-refractivity contribution is -0.117. The molecule has 8 nitrogen and oxygen atoms in total. The number of nitrogens with zero attached hydrogens (tertiary/aromatic N) is 2. The van der Waals surface area contributed by atoms with E-state index in [-0.39, 0.29) is 12.3 Å². The molecule has 0 aromatic heterocycles. The minimum absolute atomic E-state index is 0.122. The van der Waals surface area contributed by atoms with Gasteiger partial charge in [-0.2, -0.15) is 5.59 Å². The minimum Gasteiger partial charge on any atom is -0.496 e. The van der Waals surface area contributed by atoms with E-state index in [1.165, 1.54) is 26.2 Å². The van der Waals surface area contributed by atoms with Crippen LogP contribution in [-0.2, 0) is 11.2 Å². The van der Waals surface area contributed by atoms with E-state index in [0.717, 1.165) is 11.9 Å². The van der Waals surface area contributed by atoms with Crippen LogP contribution in [-0.4, -0.2) is 38.8 Å². The summed E-state index contributed by atoms with van der Waals surface area (Å²) in [4.78, 5) is 14.1. The minimum atomic E-state index is -0.294. The van der Waals surface area contributed by atoms with E-state index in [1.807, 2.05) is 30.3 Å². The summed E-state index contributed by atoms with van der Waals surface area (Å²) in [5.74, 6) is 0.922. The summed E-state index contributed by atoms with van der Waals surface area (Å²) in [6.45, 7) is 0. The first-order chi connectivity index (χ1) is 12.6. The highest BCUT2D eigenvalue weighted by Gasteiger charge is 2.24. The van der Waals surface area contributed by atoms with Crippen LogP contribution in [0.3, 0.4) is 0 Å². The zero-order valence-corrected chi connectivity index (χ0v) is 14.8. The van der Waals surface area contributed by atoms with Crippen LogP contribution in [0, 0.1) is 0 Å². The number of amides is 1. The largest absolute Gasteiger partial charge is 0.496 e.